The number of hydrogen-bond donors (Lipinski definition) is 2. The molecule has 0 bridgehead atoms. The van der Waals surface area contributed by atoms with Crippen LogP contribution in [0.5, 0.6) is 0 Å². The van der Waals surface area contributed by atoms with Crippen LogP contribution in [0.2, 0.25) is 10.0 Å². The highest BCUT2D eigenvalue weighted by Crippen LogP contribution is 2.30. The number of carboxylic acid groups (broad SMARTS) is 1. The van der Waals surface area contributed by atoms with Crippen molar-refractivity contribution in [1.82, 2.24) is 5.32 Å². The predicted molar refractivity (Wildman–Crippen MR) is 78.9 cm³/mol. The van der Waals surface area contributed by atoms with Crippen molar-refractivity contribution in [3.05, 3.63) is 33.8 Å². The lowest BCUT2D eigenvalue weighted by Crippen LogP contribution is -2.39. The van der Waals surface area contributed by atoms with Gasteiger partial charge >= 0.3 is 5.97 Å². The SMILES string of the molecule is CC(C)CC(NC(C)c1cccc(Cl)c1Cl)C(=O)O. The number of aliphatic carboxylic acids is 1. The van der Waals surface area contributed by atoms with Gasteiger partial charge in [0, 0.05) is 6.04 Å². The van der Waals surface area contributed by atoms with Crippen molar-refractivity contribution in [2.75, 3.05) is 0 Å². The number of carbonyl (C=O) groups is 1. The van der Waals surface area contributed by atoms with Gasteiger partial charge in [-0.3, -0.25) is 10.1 Å². The van der Waals surface area contributed by atoms with Gasteiger partial charge in [0.1, 0.15) is 6.04 Å². The molecule has 0 spiro atoms. The van der Waals surface area contributed by atoms with E-state index in [1.54, 1.807) is 12.1 Å². The zero-order valence-corrected chi connectivity index (χ0v) is 12.8. The molecule has 3 nitrogen and oxygen atoms in total. The van der Waals surface area contributed by atoms with Crippen molar-refractivity contribution in [1.29, 1.82) is 0 Å². The first kappa shape index (κ1) is 16.3. The van der Waals surface area contributed by atoms with E-state index in [-0.39, 0.29) is 6.04 Å². The van der Waals surface area contributed by atoms with Crippen molar-refractivity contribution in [2.24, 2.45) is 5.92 Å². The summed E-state index contributed by atoms with van der Waals surface area (Å²) in [6.45, 7) is 5.87. The van der Waals surface area contributed by atoms with Crippen molar-refractivity contribution in [2.45, 2.75) is 39.3 Å². The summed E-state index contributed by atoms with van der Waals surface area (Å²) in [6, 6.07) is 4.60. The summed E-state index contributed by atoms with van der Waals surface area (Å²) >= 11 is 12.1. The van der Waals surface area contributed by atoms with Gasteiger partial charge in [-0.1, -0.05) is 49.2 Å². The van der Waals surface area contributed by atoms with Gasteiger partial charge in [0.05, 0.1) is 10.0 Å². The molecule has 0 radical (unpaired) electrons. The fourth-order valence-electron chi connectivity index (χ4n) is 1.96. The van der Waals surface area contributed by atoms with Crippen molar-refractivity contribution in [3.63, 3.8) is 0 Å². The zero-order chi connectivity index (χ0) is 14.6. The first-order valence-corrected chi connectivity index (χ1v) is 7.01. The molecule has 0 aromatic heterocycles. The highest BCUT2D eigenvalue weighted by atomic mass is 35.5. The third kappa shape index (κ3) is 4.68. The normalized spacial score (nSPS) is 14.4. The van der Waals surface area contributed by atoms with Crippen LogP contribution in [-0.4, -0.2) is 17.1 Å². The molecule has 2 N–H and O–H groups in total. The van der Waals surface area contributed by atoms with Crippen LogP contribution in [0.15, 0.2) is 18.2 Å². The fraction of sp³-hybridized carbons (Fsp3) is 0.500. The topological polar surface area (TPSA) is 49.3 Å². The largest absolute Gasteiger partial charge is 0.480 e. The van der Waals surface area contributed by atoms with Crippen LogP contribution in [0, 0.1) is 5.92 Å². The Balaban J connectivity index is 2.84. The van der Waals surface area contributed by atoms with Crippen molar-refractivity contribution >= 4 is 29.2 Å². The van der Waals surface area contributed by atoms with E-state index < -0.39 is 12.0 Å². The molecule has 5 heteroatoms. The molecule has 1 aromatic carbocycles. The first-order valence-electron chi connectivity index (χ1n) is 6.25. The Morgan fingerprint density at radius 1 is 1.32 bits per heavy atom. The predicted octanol–water partition coefficient (Wildman–Crippen LogP) is 4.14. The van der Waals surface area contributed by atoms with Crippen molar-refractivity contribution in [3.8, 4) is 0 Å². The zero-order valence-electron chi connectivity index (χ0n) is 11.3. The quantitative estimate of drug-likeness (QED) is 0.830. The molecule has 1 rings (SSSR count). The van der Waals surface area contributed by atoms with Crippen molar-refractivity contribution < 1.29 is 9.90 Å². The van der Waals surface area contributed by atoms with E-state index in [2.05, 4.69) is 5.32 Å². The number of benzene rings is 1. The molecule has 0 aliphatic rings. The second-order valence-corrected chi connectivity index (χ2v) is 5.84. The molecular weight excluding hydrogens is 285 g/mol. The number of rotatable bonds is 6. The minimum absolute atomic E-state index is 0.175. The number of nitrogens with one attached hydrogen (secondary N) is 1. The summed E-state index contributed by atoms with van der Waals surface area (Å²) in [5.41, 5.74) is 0.809. The van der Waals surface area contributed by atoms with Crippen LogP contribution in [0.1, 0.15) is 38.8 Å². The number of halogens is 2. The van der Waals surface area contributed by atoms with Crippen LogP contribution in [-0.2, 0) is 4.79 Å². The average Bonchev–Trinajstić information content (AvgIpc) is 2.31. The van der Waals surface area contributed by atoms with E-state index in [0.29, 0.717) is 22.4 Å². The lowest BCUT2D eigenvalue weighted by molar-refractivity contribution is -0.140. The summed E-state index contributed by atoms with van der Waals surface area (Å²) in [7, 11) is 0. The maximum absolute atomic E-state index is 11.2. The van der Waals surface area contributed by atoms with Gasteiger partial charge < -0.3 is 5.11 Å². The number of hydrogen-bond acceptors (Lipinski definition) is 2. The molecule has 0 fully saturated rings. The molecule has 19 heavy (non-hydrogen) atoms. The molecule has 0 heterocycles. The summed E-state index contributed by atoms with van der Waals surface area (Å²) in [4.78, 5) is 11.2. The van der Waals surface area contributed by atoms with Crippen LogP contribution < -0.4 is 5.32 Å². The Kier molecular flexibility index (Phi) is 6.11. The Morgan fingerprint density at radius 2 is 1.95 bits per heavy atom. The minimum Gasteiger partial charge on any atom is -0.480 e. The molecule has 1 aromatic rings. The maximum atomic E-state index is 11.2. The lowest BCUT2D eigenvalue weighted by Gasteiger charge is -2.22. The van der Waals surface area contributed by atoms with Crippen LogP contribution in [0.3, 0.4) is 0 Å². The molecule has 0 saturated carbocycles. The third-order valence-electron chi connectivity index (χ3n) is 2.90. The minimum atomic E-state index is -0.848. The molecule has 2 unspecified atom stereocenters. The van der Waals surface area contributed by atoms with Gasteiger partial charge in [-0.25, -0.2) is 0 Å². The van der Waals surface area contributed by atoms with Gasteiger partial charge in [0.15, 0.2) is 0 Å². The second kappa shape index (κ2) is 7.13. The molecule has 0 aliphatic heterocycles. The standard InChI is InChI=1S/C14H19Cl2NO2/c1-8(2)7-12(14(18)19)17-9(3)10-5-4-6-11(15)13(10)16/h4-6,8-9,12,17H,7H2,1-3H3,(H,18,19). The molecule has 2 atom stereocenters. The van der Waals surface area contributed by atoms with E-state index in [1.807, 2.05) is 26.8 Å². The lowest BCUT2D eigenvalue weighted by atomic mass is 10.0. The van der Waals surface area contributed by atoms with Gasteiger partial charge in [-0.05, 0) is 30.9 Å². The highest BCUT2D eigenvalue weighted by molar-refractivity contribution is 6.42. The monoisotopic (exact) mass is 303 g/mol. The first-order chi connectivity index (χ1) is 8.82. The summed E-state index contributed by atoms with van der Waals surface area (Å²) < 4.78 is 0. The molecule has 106 valence electrons. The Labute approximate surface area is 123 Å². The van der Waals surface area contributed by atoms with Crippen LogP contribution >= 0.6 is 23.2 Å². The molecular formula is C14H19Cl2NO2. The molecule has 0 saturated heterocycles. The van der Waals surface area contributed by atoms with E-state index in [9.17, 15) is 9.90 Å². The van der Waals surface area contributed by atoms with E-state index in [0.717, 1.165) is 5.56 Å². The Hall–Kier alpha value is -0.770. The smallest absolute Gasteiger partial charge is 0.320 e. The van der Waals surface area contributed by atoms with Gasteiger partial charge in [0.25, 0.3) is 0 Å². The van der Waals surface area contributed by atoms with E-state index >= 15 is 0 Å². The van der Waals surface area contributed by atoms with Gasteiger partial charge in [-0.15, -0.1) is 0 Å². The third-order valence-corrected chi connectivity index (χ3v) is 3.74. The Morgan fingerprint density at radius 3 is 2.47 bits per heavy atom. The second-order valence-electron chi connectivity index (χ2n) is 5.05. The highest BCUT2D eigenvalue weighted by Gasteiger charge is 2.22. The maximum Gasteiger partial charge on any atom is 0.320 e. The molecule has 0 amide bonds. The average molecular weight is 304 g/mol. The summed E-state index contributed by atoms with van der Waals surface area (Å²) in [5.74, 6) is -0.547. The van der Waals surface area contributed by atoms with Gasteiger partial charge in [0.2, 0.25) is 0 Å². The fourth-order valence-corrected chi connectivity index (χ4v) is 2.43. The Bertz CT molecular complexity index is 449. The van der Waals surface area contributed by atoms with Crippen LogP contribution in [0.4, 0.5) is 0 Å². The van der Waals surface area contributed by atoms with E-state index in [1.165, 1.54) is 0 Å². The summed E-state index contributed by atoms with van der Waals surface area (Å²) in [5, 5.41) is 13.3. The molecule has 0 aliphatic carbocycles. The van der Waals surface area contributed by atoms with Gasteiger partial charge in [-0.2, -0.15) is 0 Å². The number of carboxylic acids is 1. The van der Waals surface area contributed by atoms with Crippen LogP contribution in [0.25, 0.3) is 0 Å². The summed E-state index contributed by atoms with van der Waals surface area (Å²) in [6.07, 6.45) is 0.567. The van der Waals surface area contributed by atoms with E-state index in [4.69, 9.17) is 23.2 Å².